The van der Waals surface area contributed by atoms with Crippen molar-refractivity contribution in [3.8, 4) is 0 Å². The largest absolute Gasteiger partial charge is 0.276 e. The average molecular weight is 267 g/mol. The molecule has 0 aliphatic rings. The van der Waals surface area contributed by atoms with Crippen molar-refractivity contribution in [3.05, 3.63) is 47.8 Å². The van der Waals surface area contributed by atoms with Crippen molar-refractivity contribution in [1.29, 1.82) is 0 Å². The number of hydrogen-bond donors (Lipinski definition) is 0. The Morgan fingerprint density at radius 2 is 2.00 bits per heavy atom. The molecule has 0 spiro atoms. The topological polar surface area (TPSA) is 17.8 Å². The molecule has 0 amide bonds. The maximum Gasteiger partial charge on any atom is 0.0521 e. The van der Waals surface area contributed by atoms with Crippen molar-refractivity contribution in [2.75, 3.05) is 5.75 Å². The molecule has 0 atom stereocenters. The Kier molecular flexibility index (Phi) is 4.51. The van der Waals surface area contributed by atoms with E-state index in [1.165, 1.54) is 16.0 Å². The second-order valence-corrected chi connectivity index (χ2v) is 5.33. The van der Waals surface area contributed by atoms with E-state index in [9.17, 15) is 0 Å². The summed E-state index contributed by atoms with van der Waals surface area (Å²) in [5.74, 6) is 1.66. The lowest BCUT2D eigenvalue weighted by molar-refractivity contribution is 0.767. The van der Waals surface area contributed by atoms with Gasteiger partial charge in [-0.3, -0.25) is 4.68 Å². The summed E-state index contributed by atoms with van der Waals surface area (Å²) in [5.41, 5.74) is 2.46. The molecule has 1 heterocycles. The SMILES string of the molecule is Cn1cc(CCSc2ccc(CCl)cc2)cn1. The van der Waals surface area contributed by atoms with Crippen LogP contribution in [0.1, 0.15) is 11.1 Å². The smallest absolute Gasteiger partial charge is 0.0521 e. The molecule has 2 nitrogen and oxygen atoms in total. The third-order valence-electron chi connectivity index (χ3n) is 2.50. The van der Waals surface area contributed by atoms with Gasteiger partial charge in [-0.1, -0.05) is 12.1 Å². The number of halogens is 1. The first-order chi connectivity index (χ1) is 8.28. The highest BCUT2D eigenvalue weighted by Crippen LogP contribution is 2.20. The van der Waals surface area contributed by atoms with Gasteiger partial charge in [0.05, 0.1) is 6.20 Å². The Morgan fingerprint density at radius 3 is 2.59 bits per heavy atom. The van der Waals surface area contributed by atoms with Gasteiger partial charge in [-0.25, -0.2) is 0 Å². The van der Waals surface area contributed by atoms with Crippen LogP contribution < -0.4 is 0 Å². The van der Waals surface area contributed by atoms with Crippen LogP contribution in [-0.4, -0.2) is 15.5 Å². The molecular weight excluding hydrogens is 252 g/mol. The van der Waals surface area contributed by atoms with Crippen LogP contribution in [0.4, 0.5) is 0 Å². The van der Waals surface area contributed by atoms with Gasteiger partial charge in [0.15, 0.2) is 0 Å². The van der Waals surface area contributed by atoms with Gasteiger partial charge in [0, 0.05) is 29.8 Å². The van der Waals surface area contributed by atoms with Gasteiger partial charge >= 0.3 is 0 Å². The quantitative estimate of drug-likeness (QED) is 0.609. The number of benzene rings is 1. The van der Waals surface area contributed by atoms with E-state index in [0.717, 1.165) is 12.2 Å². The molecule has 2 aromatic rings. The lowest BCUT2D eigenvalue weighted by Crippen LogP contribution is -1.87. The minimum Gasteiger partial charge on any atom is -0.276 e. The lowest BCUT2D eigenvalue weighted by Gasteiger charge is -2.01. The minimum absolute atomic E-state index is 0.584. The fraction of sp³-hybridized carbons (Fsp3) is 0.308. The zero-order valence-electron chi connectivity index (χ0n) is 9.77. The van der Waals surface area contributed by atoms with Crippen molar-refractivity contribution >= 4 is 23.4 Å². The second-order valence-electron chi connectivity index (χ2n) is 3.90. The maximum absolute atomic E-state index is 5.75. The lowest BCUT2D eigenvalue weighted by atomic mass is 10.2. The van der Waals surface area contributed by atoms with E-state index >= 15 is 0 Å². The van der Waals surface area contributed by atoms with Gasteiger partial charge in [0.2, 0.25) is 0 Å². The minimum atomic E-state index is 0.584. The van der Waals surface area contributed by atoms with E-state index in [1.807, 2.05) is 29.7 Å². The molecule has 1 aromatic carbocycles. The third-order valence-corrected chi connectivity index (χ3v) is 3.82. The number of alkyl halides is 1. The van der Waals surface area contributed by atoms with E-state index < -0.39 is 0 Å². The molecule has 17 heavy (non-hydrogen) atoms. The normalized spacial score (nSPS) is 10.7. The number of rotatable bonds is 5. The molecule has 0 saturated carbocycles. The first kappa shape index (κ1) is 12.5. The van der Waals surface area contributed by atoms with Gasteiger partial charge in [0.1, 0.15) is 0 Å². The Hall–Kier alpha value is -0.930. The van der Waals surface area contributed by atoms with Crippen LogP contribution in [0.5, 0.6) is 0 Å². The van der Waals surface area contributed by atoms with Crippen LogP contribution >= 0.6 is 23.4 Å². The van der Waals surface area contributed by atoms with Crippen LogP contribution in [0.3, 0.4) is 0 Å². The van der Waals surface area contributed by atoms with E-state index in [2.05, 4.69) is 35.6 Å². The van der Waals surface area contributed by atoms with Crippen molar-refractivity contribution in [1.82, 2.24) is 9.78 Å². The predicted octanol–water partition coefficient (Wildman–Crippen LogP) is 3.49. The van der Waals surface area contributed by atoms with E-state index in [1.54, 1.807) is 0 Å². The third kappa shape index (κ3) is 3.79. The Bertz CT molecular complexity index is 465. The second kappa shape index (κ2) is 6.12. The molecule has 4 heteroatoms. The molecule has 0 radical (unpaired) electrons. The average Bonchev–Trinajstić information content (AvgIpc) is 2.76. The zero-order chi connectivity index (χ0) is 12.1. The molecule has 90 valence electrons. The van der Waals surface area contributed by atoms with Crippen LogP contribution in [0.15, 0.2) is 41.6 Å². The van der Waals surface area contributed by atoms with E-state index in [4.69, 9.17) is 11.6 Å². The highest BCUT2D eigenvalue weighted by atomic mass is 35.5. The van der Waals surface area contributed by atoms with Gasteiger partial charge in [-0.15, -0.1) is 23.4 Å². The summed E-state index contributed by atoms with van der Waals surface area (Å²) in [5, 5.41) is 4.16. The number of thioether (sulfide) groups is 1. The molecule has 0 bridgehead atoms. The maximum atomic E-state index is 5.75. The Morgan fingerprint density at radius 1 is 1.24 bits per heavy atom. The number of hydrogen-bond acceptors (Lipinski definition) is 2. The van der Waals surface area contributed by atoms with Crippen LogP contribution in [0, 0.1) is 0 Å². The van der Waals surface area contributed by atoms with Crippen LogP contribution in [0.25, 0.3) is 0 Å². The Labute approximate surface area is 111 Å². The highest BCUT2D eigenvalue weighted by Gasteiger charge is 1.98. The number of nitrogens with zero attached hydrogens (tertiary/aromatic N) is 2. The summed E-state index contributed by atoms with van der Waals surface area (Å²) in [6.45, 7) is 0. The highest BCUT2D eigenvalue weighted by molar-refractivity contribution is 7.99. The van der Waals surface area contributed by atoms with Crippen molar-refractivity contribution in [3.63, 3.8) is 0 Å². The summed E-state index contributed by atoms with van der Waals surface area (Å²) in [6.07, 6.45) is 5.05. The molecule has 0 unspecified atom stereocenters. The van der Waals surface area contributed by atoms with Gasteiger partial charge in [-0.2, -0.15) is 5.10 Å². The monoisotopic (exact) mass is 266 g/mol. The molecule has 0 fully saturated rings. The number of aryl methyl sites for hydroxylation is 2. The molecule has 0 aliphatic carbocycles. The number of aromatic nitrogens is 2. The molecular formula is C13H15ClN2S. The van der Waals surface area contributed by atoms with Crippen molar-refractivity contribution in [2.45, 2.75) is 17.2 Å². The van der Waals surface area contributed by atoms with Gasteiger partial charge in [-0.05, 0) is 29.7 Å². The first-order valence-corrected chi connectivity index (χ1v) is 7.05. The summed E-state index contributed by atoms with van der Waals surface area (Å²) in [4.78, 5) is 1.29. The van der Waals surface area contributed by atoms with Gasteiger partial charge in [0.25, 0.3) is 0 Å². The summed E-state index contributed by atoms with van der Waals surface area (Å²) in [6, 6.07) is 8.43. The molecule has 2 rings (SSSR count). The zero-order valence-corrected chi connectivity index (χ0v) is 11.3. The molecule has 0 N–H and O–H groups in total. The standard InChI is InChI=1S/C13H15ClN2S/c1-16-10-12(9-15-16)6-7-17-13-4-2-11(8-14)3-5-13/h2-5,9-10H,6-8H2,1H3. The Balaban J connectivity index is 1.81. The van der Waals surface area contributed by atoms with Crippen molar-refractivity contribution < 1.29 is 0 Å². The molecule has 1 aromatic heterocycles. The summed E-state index contributed by atoms with van der Waals surface area (Å²) < 4.78 is 1.84. The fourth-order valence-corrected chi connectivity index (χ4v) is 2.64. The van der Waals surface area contributed by atoms with Crippen LogP contribution in [-0.2, 0) is 19.3 Å². The van der Waals surface area contributed by atoms with Gasteiger partial charge < -0.3 is 0 Å². The molecule has 0 aliphatic heterocycles. The van der Waals surface area contributed by atoms with Crippen molar-refractivity contribution in [2.24, 2.45) is 7.05 Å². The summed E-state index contributed by atoms with van der Waals surface area (Å²) >= 11 is 7.61. The van der Waals surface area contributed by atoms with E-state index in [-0.39, 0.29) is 0 Å². The van der Waals surface area contributed by atoms with Crippen LogP contribution in [0.2, 0.25) is 0 Å². The fourth-order valence-electron chi connectivity index (χ4n) is 1.56. The van der Waals surface area contributed by atoms with E-state index in [0.29, 0.717) is 5.88 Å². The summed E-state index contributed by atoms with van der Waals surface area (Å²) in [7, 11) is 1.95. The first-order valence-electron chi connectivity index (χ1n) is 5.53. The molecule has 0 saturated heterocycles. The predicted molar refractivity (Wildman–Crippen MR) is 73.6 cm³/mol.